The molecule has 0 radical (unpaired) electrons. The molecule has 6 rings (SSSR count). The van der Waals surface area contributed by atoms with Crippen LogP contribution in [0.3, 0.4) is 0 Å². The van der Waals surface area contributed by atoms with E-state index in [2.05, 4.69) is 29.7 Å². The van der Waals surface area contributed by atoms with Crippen molar-refractivity contribution in [2.75, 3.05) is 31.1 Å². The van der Waals surface area contributed by atoms with Gasteiger partial charge in [-0.05, 0) is 29.0 Å². The molecule has 2 aliphatic heterocycles. The Bertz CT molecular complexity index is 1360. The molecule has 2 aliphatic rings. The molecule has 8 nitrogen and oxygen atoms in total. The lowest BCUT2D eigenvalue weighted by Gasteiger charge is -2.33. The summed E-state index contributed by atoms with van der Waals surface area (Å²) in [6.07, 6.45) is 3.54. The molecule has 0 spiro atoms. The Hall–Kier alpha value is -4.20. The van der Waals surface area contributed by atoms with E-state index in [1.165, 1.54) is 0 Å². The fourth-order valence-corrected chi connectivity index (χ4v) is 4.14. The molecule has 0 saturated carbocycles. The van der Waals surface area contributed by atoms with Gasteiger partial charge in [-0.3, -0.25) is 0 Å². The van der Waals surface area contributed by atoms with Gasteiger partial charge in [0.15, 0.2) is 11.3 Å². The number of carbonyl (C=O) groups is 1. The van der Waals surface area contributed by atoms with Crippen molar-refractivity contribution in [2.24, 2.45) is 4.99 Å². The van der Waals surface area contributed by atoms with Crippen molar-refractivity contribution < 1.29 is 9.53 Å². The monoisotopic (exact) mass is 424 g/mol. The van der Waals surface area contributed by atoms with Crippen molar-refractivity contribution >= 4 is 39.8 Å². The number of fused-ring (bicyclic) bond motifs is 2. The Morgan fingerprint density at radius 3 is 2.69 bits per heavy atom. The minimum atomic E-state index is -0.418. The summed E-state index contributed by atoms with van der Waals surface area (Å²) in [6.45, 7) is 3.05. The van der Waals surface area contributed by atoms with Crippen LogP contribution >= 0.6 is 0 Å². The highest BCUT2D eigenvalue weighted by molar-refractivity contribution is 6.16. The second-order valence-corrected chi connectivity index (χ2v) is 7.81. The number of aliphatic imine (C=N–C) groups is 1. The van der Waals surface area contributed by atoms with Crippen LogP contribution in [0.4, 0.5) is 5.95 Å². The van der Waals surface area contributed by atoms with Gasteiger partial charge in [0, 0.05) is 44.1 Å². The summed E-state index contributed by atoms with van der Waals surface area (Å²) in [7, 11) is 0. The number of pyridine rings is 1. The maximum Gasteiger partial charge on any atom is 0.365 e. The minimum Gasteiger partial charge on any atom is -0.402 e. The normalized spacial score (nSPS) is 17.9. The third kappa shape index (κ3) is 3.26. The van der Waals surface area contributed by atoms with Gasteiger partial charge in [0.25, 0.3) is 0 Å². The van der Waals surface area contributed by atoms with E-state index in [1.807, 2.05) is 54.6 Å². The topological polar surface area (TPSA) is 86.7 Å². The highest BCUT2D eigenvalue weighted by atomic mass is 16.6. The fourth-order valence-electron chi connectivity index (χ4n) is 4.14. The third-order valence-corrected chi connectivity index (χ3v) is 5.80. The SMILES string of the molecule is O=C1OC(c2cccc3ccccc23)=N/C1=C/N1CCN(c2nc3ncccc3[nH]2)CC1. The van der Waals surface area contributed by atoms with Crippen LogP contribution in [0.1, 0.15) is 5.56 Å². The van der Waals surface area contributed by atoms with Crippen LogP contribution in [0.25, 0.3) is 21.9 Å². The van der Waals surface area contributed by atoms with E-state index in [0.717, 1.165) is 59.6 Å². The molecule has 158 valence electrons. The Morgan fingerprint density at radius 1 is 0.969 bits per heavy atom. The number of aromatic nitrogens is 3. The van der Waals surface area contributed by atoms with Crippen molar-refractivity contribution in [3.8, 4) is 0 Å². The largest absolute Gasteiger partial charge is 0.402 e. The Kier molecular flexibility index (Phi) is 4.34. The summed E-state index contributed by atoms with van der Waals surface area (Å²) in [4.78, 5) is 33.5. The van der Waals surface area contributed by atoms with Crippen LogP contribution in [0.2, 0.25) is 0 Å². The molecule has 2 aromatic carbocycles. The number of benzene rings is 2. The average molecular weight is 424 g/mol. The molecule has 4 aromatic rings. The molecule has 2 aromatic heterocycles. The van der Waals surface area contributed by atoms with Gasteiger partial charge in [0.2, 0.25) is 11.8 Å². The number of nitrogens with one attached hydrogen (secondary N) is 1. The molecule has 0 amide bonds. The molecule has 0 aliphatic carbocycles. The van der Waals surface area contributed by atoms with E-state index in [1.54, 1.807) is 12.4 Å². The van der Waals surface area contributed by atoms with Crippen molar-refractivity contribution in [3.05, 3.63) is 78.3 Å². The lowest BCUT2D eigenvalue weighted by Crippen LogP contribution is -2.44. The second kappa shape index (κ2) is 7.49. The lowest BCUT2D eigenvalue weighted by atomic mass is 10.0. The van der Waals surface area contributed by atoms with Crippen molar-refractivity contribution in [2.45, 2.75) is 0 Å². The van der Waals surface area contributed by atoms with Crippen molar-refractivity contribution in [3.63, 3.8) is 0 Å². The van der Waals surface area contributed by atoms with Crippen molar-refractivity contribution in [1.29, 1.82) is 0 Å². The molecular formula is C24H20N6O2. The lowest BCUT2D eigenvalue weighted by molar-refractivity contribution is -0.130. The number of ether oxygens (including phenoxy) is 1. The van der Waals surface area contributed by atoms with Gasteiger partial charge in [0.1, 0.15) is 0 Å². The van der Waals surface area contributed by atoms with Crippen LogP contribution in [-0.4, -0.2) is 57.9 Å². The average Bonchev–Trinajstić information content (AvgIpc) is 3.43. The van der Waals surface area contributed by atoms with Crippen LogP contribution in [-0.2, 0) is 9.53 Å². The van der Waals surface area contributed by atoms with E-state index in [4.69, 9.17) is 4.74 Å². The minimum absolute atomic E-state index is 0.328. The molecule has 0 unspecified atom stereocenters. The van der Waals surface area contributed by atoms with E-state index in [0.29, 0.717) is 11.6 Å². The number of piperazine rings is 1. The number of aromatic amines is 1. The van der Waals surface area contributed by atoms with E-state index in [-0.39, 0.29) is 0 Å². The van der Waals surface area contributed by atoms with Gasteiger partial charge >= 0.3 is 5.97 Å². The predicted octanol–water partition coefficient (Wildman–Crippen LogP) is 3.08. The number of rotatable bonds is 3. The van der Waals surface area contributed by atoms with Crippen LogP contribution in [0.5, 0.6) is 0 Å². The molecule has 1 N–H and O–H groups in total. The number of hydrogen-bond acceptors (Lipinski definition) is 7. The third-order valence-electron chi connectivity index (χ3n) is 5.80. The van der Waals surface area contributed by atoms with Gasteiger partial charge in [-0.15, -0.1) is 0 Å². The van der Waals surface area contributed by atoms with E-state index < -0.39 is 5.97 Å². The smallest absolute Gasteiger partial charge is 0.365 e. The van der Waals surface area contributed by atoms with Crippen LogP contribution in [0, 0.1) is 0 Å². The Balaban J connectivity index is 1.20. The molecular weight excluding hydrogens is 404 g/mol. The number of cyclic esters (lactones) is 1. The number of hydrogen-bond donors (Lipinski definition) is 1. The summed E-state index contributed by atoms with van der Waals surface area (Å²) < 4.78 is 5.52. The second-order valence-electron chi connectivity index (χ2n) is 7.81. The van der Waals surface area contributed by atoms with Crippen LogP contribution < -0.4 is 4.90 Å². The zero-order valence-corrected chi connectivity index (χ0v) is 17.2. The Labute approximate surface area is 183 Å². The van der Waals surface area contributed by atoms with Crippen LogP contribution in [0.15, 0.2) is 77.7 Å². The quantitative estimate of drug-likeness (QED) is 0.402. The first-order valence-electron chi connectivity index (χ1n) is 10.6. The van der Waals surface area contributed by atoms with Gasteiger partial charge in [-0.25, -0.2) is 14.8 Å². The predicted molar refractivity (Wildman–Crippen MR) is 122 cm³/mol. The van der Waals surface area contributed by atoms with Gasteiger partial charge in [-0.1, -0.05) is 36.4 Å². The maximum absolute atomic E-state index is 12.5. The van der Waals surface area contributed by atoms with E-state index >= 15 is 0 Å². The summed E-state index contributed by atoms with van der Waals surface area (Å²) in [6, 6.07) is 17.8. The number of imidazole rings is 1. The molecule has 4 heterocycles. The molecule has 8 heteroatoms. The van der Waals surface area contributed by atoms with E-state index in [9.17, 15) is 4.79 Å². The maximum atomic E-state index is 12.5. The van der Waals surface area contributed by atoms with Crippen molar-refractivity contribution in [1.82, 2.24) is 19.9 Å². The molecule has 0 bridgehead atoms. The number of H-pyrrole nitrogens is 1. The number of carbonyl (C=O) groups excluding carboxylic acids is 1. The first-order chi connectivity index (χ1) is 15.7. The highest BCUT2D eigenvalue weighted by Gasteiger charge is 2.27. The van der Waals surface area contributed by atoms with Gasteiger partial charge in [-0.2, -0.15) is 4.98 Å². The Morgan fingerprint density at radius 2 is 1.81 bits per heavy atom. The standard InChI is InChI=1S/C24H20N6O2/c31-23-20(26-22(32-23)18-8-3-6-16-5-1-2-7-17(16)18)15-29-11-13-30(14-12-29)24-27-19-9-4-10-25-21(19)28-24/h1-10,15H,11-14H2,(H,25,27,28)/b20-15+. The number of anilines is 1. The molecule has 1 saturated heterocycles. The summed E-state index contributed by atoms with van der Waals surface area (Å²) in [5.41, 5.74) is 2.80. The summed E-state index contributed by atoms with van der Waals surface area (Å²) in [5, 5.41) is 2.09. The van der Waals surface area contributed by atoms with Gasteiger partial charge < -0.3 is 19.5 Å². The zero-order chi connectivity index (χ0) is 21.5. The van der Waals surface area contributed by atoms with Gasteiger partial charge in [0.05, 0.1) is 5.52 Å². The summed E-state index contributed by atoms with van der Waals surface area (Å²) >= 11 is 0. The molecule has 0 atom stereocenters. The highest BCUT2D eigenvalue weighted by Crippen LogP contribution is 2.24. The fraction of sp³-hybridized carbons (Fsp3) is 0.167. The zero-order valence-electron chi connectivity index (χ0n) is 17.2. The number of esters is 1. The number of nitrogens with zero attached hydrogens (tertiary/aromatic N) is 5. The first kappa shape index (κ1) is 18.6. The summed E-state index contributed by atoms with van der Waals surface area (Å²) in [5.74, 6) is 0.757. The molecule has 32 heavy (non-hydrogen) atoms. The molecule has 1 fully saturated rings. The first-order valence-corrected chi connectivity index (χ1v) is 10.6.